The van der Waals surface area contributed by atoms with Crippen molar-refractivity contribution in [3.05, 3.63) is 53.3 Å². The number of aryl methyl sites for hydroxylation is 3. The summed E-state index contributed by atoms with van der Waals surface area (Å²) in [6.45, 7) is 8.84. The zero-order valence-electron chi connectivity index (χ0n) is 17.9. The van der Waals surface area contributed by atoms with Crippen LogP contribution in [-0.4, -0.2) is 57.7 Å². The van der Waals surface area contributed by atoms with E-state index < -0.39 is 0 Å². The van der Waals surface area contributed by atoms with Crippen LogP contribution >= 0.6 is 0 Å². The molecule has 1 amide bonds. The van der Waals surface area contributed by atoms with Crippen LogP contribution < -0.4 is 0 Å². The van der Waals surface area contributed by atoms with E-state index in [1.807, 2.05) is 11.6 Å². The maximum atomic E-state index is 12.9. The van der Waals surface area contributed by atoms with E-state index in [1.54, 1.807) is 0 Å². The van der Waals surface area contributed by atoms with Crippen LogP contribution in [0.5, 0.6) is 0 Å². The van der Waals surface area contributed by atoms with Crippen LogP contribution in [0, 0.1) is 19.8 Å². The summed E-state index contributed by atoms with van der Waals surface area (Å²) in [4.78, 5) is 17.7. The normalized spacial score (nSPS) is 22.5. The van der Waals surface area contributed by atoms with Gasteiger partial charge in [-0.2, -0.15) is 5.10 Å². The molecule has 5 nitrogen and oxygen atoms in total. The van der Waals surface area contributed by atoms with E-state index in [9.17, 15) is 4.79 Å². The van der Waals surface area contributed by atoms with E-state index in [1.165, 1.54) is 31.4 Å². The molecule has 2 aromatic rings. The van der Waals surface area contributed by atoms with Gasteiger partial charge in [-0.1, -0.05) is 36.8 Å². The third-order valence-corrected chi connectivity index (χ3v) is 6.67. The molecule has 1 aromatic heterocycles. The van der Waals surface area contributed by atoms with Gasteiger partial charge in [0.15, 0.2) is 0 Å². The zero-order valence-corrected chi connectivity index (χ0v) is 17.9. The Morgan fingerprint density at radius 2 is 1.93 bits per heavy atom. The minimum absolute atomic E-state index is 0.286. The van der Waals surface area contributed by atoms with Crippen molar-refractivity contribution in [2.45, 2.75) is 58.5 Å². The molecule has 2 saturated heterocycles. The molecule has 4 rings (SSSR count). The number of carbonyl (C=O) groups is 1. The Balaban J connectivity index is 1.34. The monoisotopic (exact) mass is 394 g/mol. The summed E-state index contributed by atoms with van der Waals surface area (Å²) in [7, 11) is 0. The van der Waals surface area contributed by atoms with E-state index >= 15 is 0 Å². The maximum Gasteiger partial charge on any atom is 0.224 e. The van der Waals surface area contributed by atoms with Gasteiger partial charge < -0.3 is 4.90 Å². The maximum absolute atomic E-state index is 12.9. The molecule has 0 unspecified atom stereocenters. The Labute approximate surface area is 174 Å². The van der Waals surface area contributed by atoms with Gasteiger partial charge >= 0.3 is 0 Å². The molecule has 0 aliphatic carbocycles. The number of hydrogen-bond acceptors (Lipinski definition) is 3. The number of likely N-dealkylation sites (tertiary alicyclic amines) is 2. The van der Waals surface area contributed by atoms with Gasteiger partial charge in [0.1, 0.15) is 0 Å². The quantitative estimate of drug-likeness (QED) is 0.754. The number of aromatic nitrogens is 2. The Morgan fingerprint density at radius 3 is 2.69 bits per heavy atom. The van der Waals surface area contributed by atoms with Gasteiger partial charge in [0, 0.05) is 44.3 Å². The number of hydrogen-bond donors (Lipinski definition) is 0. The molecule has 2 aliphatic rings. The summed E-state index contributed by atoms with van der Waals surface area (Å²) in [5.41, 5.74) is 3.56. The first-order chi connectivity index (χ1) is 14.1. The van der Waals surface area contributed by atoms with Crippen LogP contribution in [-0.2, 0) is 17.8 Å². The summed E-state index contributed by atoms with van der Waals surface area (Å²) in [5.74, 6) is 0.916. The third-order valence-electron chi connectivity index (χ3n) is 6.67. The number of fused-ring (bicyclic) bond motifs is 1. The fraction of sp³-hybridized carbons (Fsp3) is 0.583. The Bertz CT molecular complexity index is 816. The number of amides is 1. The van der Waals surface area contributed by atoms with Gasteiger partial charge in [0.05, 0.1) is 5.69 Å². The highest BCUT2D eigenvalue weighted by molar-refractivity contribution is 5.76. The lowest BCUT2D eigenvalue weighted by Gasteiger charge is -2.30. The Morgan fingerprint density at radius 1 is 1.10 bits per heavy atom. The van der Waals surface area contributed by atoms with Crippen molar-refractivity contribution in [1.82, 2.24) is 19.6 Å². The summed E-state index contributed by atoms with van der Waals surface area (Å²) in [6, 6.07) is 13.4. The first-order valence-electron chi connectivity index (χ1n) is 11.2. The molecular weight excluding hydrogens is 360 g/mol. The first kappa shape index (κ1) is 20.1. The Kier molecular flexibility index (Phi) is 6.34. The SMILES string of the molecule is Cc1cc(C)n(CCC(=O)N2C[C@@H]3CCCCN(CCc4ccccc4)[C@@H]3C2)n1. The van der Waals surface area contributed by atoms with Gasteiger partial charge in [0.2, 0.25) is 5.91 Å². The topological polar surface area (TPSA) is 41.4 Å². The molecule has 1 aromatic carbocycles. The van der Waals surface area contributed by atoms with Crippen molar-refractivity contribution in [2.24, 2.45) is 5.92 Å². The highest BCUT2D eigenvalue weighted by Gasteiger charge is 2.39. The average molecular weight is 395 g/mol. The van der Waals surface area contributed by atoms with Gasteiger partial charge in [-0.05, 0) is 57.2 Å². The number of benzene rings is 1. The molecule has 0 bridgehead atoms. The van der Waals surface area contributed by atoms with Crippen molar-refractivity contribution >= 4 is 5.91 Å². The first-order valence-corrected chi connectivity index (χ1v) is 11.2. The number of rotatable bonds is 6. The van der Waals surface area contributed by atoms with Gasteiger partial charge in [-0.25, -0.2) is 0 Å². The van der Waals surface area contributed by atoms with Crippen molar-refractivity contribution < 1.29 is 4.79 Å². The average Bonchev–Trinajstić information content (AvgIpc) is 3.23. The minimum atomic E-state index is 0.286. The fourth-order valence-electron chi connectivity index (χ4n) is 5.10. The predicted molar refractivity (Wildman–Crippen MR) is 116 cm³/mol. The smallest absolute Gasteiger partial charge is 0.224 e. The van der Waals surface area contributed by atoms with Crippen molar-refractivity contribution in [3.63, 3.8) is 0 Å². The molecule has 2 fully saturated rings. The zero-order chi connectivity index (χ0) is 20.2. The van der Waals surface area contributed by atoms with Crippen LogP contribution in [0.4, 0.5) is 0 Å². The lowest BCUT2D eigenvalue weighted by molar-refractivity contribution is -0.130. The highest BCUT2D eigenvalue weighted by Crippen LogP contribution is 2.30. The van der Waals surface area contributed by atoms with Crippen LogP contribution in [0.2, 0.25) is 0 Å². The Hall–Kier alpha value is -2.14. The molecule has 0 saturated carbocycles. The predicted octanol–water partition coefficient (Wildman–Crippen LogP) is 3.45. The second-order valence-electron chi connectivity index (χ2n) is 8.79. The molecule has 0 N–H and O–H groups in total. The van der Waals surface area contributed by atoms with Crippen molar-refractivity contribution in [3.8, 4) is 0 Å². The van der Waals surface area contributed by atoms with Crippen LogP contribution in [0.25, 0.3) is 0 Å². The van der Waals surface area contributed by atoms with Gasteiger partial charge in [0.25, 0.3) is 0 Å². The second kappa shape index (κ2) is 9.12. The second-order valence-corrected chi connectivity index (χ2v) is 8.79. The van der Waals surface area contributed by atoms with E-state index in [0.717, 1.165) is 37.4 Å². The van der Waals surface area contributed by atoms with Gasteiger partial charge in [-0.3, -0.25) is 14.4 Å². The molecule has 2 atom stereocenters. The van der Waals surface area contributed by atoms with E-state index in [2.05, 4.69) is 58.2 Å². The third kappa shape index (κ3) is 4.89. The van der Waals surface area contributed by atoms with E-state index in [-0.39, 0.29) is 5.91 Å². The largest absolute Gasteiger partial charge is 0.341 e. The van der Waals surface area contributed by atoms with Crippen molar-refractivity contribution in [2.75, 3.05) is 26.2 Å². The molecule has 5 heteroatoms. The summed E-state index contributed by atoms with van der Waals surface area (Å²) >= 11 is 0. The van der Waals surface area contributed by atoms with Crippen LogP contribution in [0.15, 0.2) is 36.4 Å². The summed E-state index contributed by atoms with van der Waals surface area (Å²) in [5, 5.41) is 4.50. The molecule has 29 heavy (non-hydrogen) atoms. The molecule has 0 spiro atoms. The standard InChI is InChI=1S/C24H34N4O/c1-19-16-20(2)28(25-19)15-12-24(29)27-17-22-10-6-7-13-26(23(22)18-27)14-11-21-8-4-3-5-9-21/h3-5,8-9,16,22-23H,6-7,10-15,17-18H2,1-2H3/t22-,23+/m0/s1. The fourth-order valence-corrected chi connectivity index (χ4v) is 5.10. The van der Waals surface area contributed by atoms with Crippen LogP contribution in [0.3, 0.4) is 0 Å². The molecule has 156 valence electrons. The molecular formula is C24H34N4O. The molecule has 3 heterocycles. The van der Waals surface area contributed by atoms with E-state index in [0.29, 0.717) is 24.9 Å². The highest BCUT2D eigenvalue weighted by atomic mass is 16.2. The van der Waals surface area contributed by atoms with E-state index in [4.69, 9.17) is 0 Å². The summed E-state index contributed by atoms with van der Waals surface area (Å²) < 4.78 is 1.97. The lowest BCUT2D eigenvalue weighted by atomic mass is 9.98. The molecule has 0 radical (unpaired) electrons. The number of nitrogens with zero attached hydrogens (tertiary/aromatic N) is 4. The minimum Gasteiger partial charge on any atom is -0.341 e. The van der Waals surface area contributed by atoms with Gasteiger partial charge in [-0.15, -0.1) is 0 Å². The van der Waals surface area contributed by atoms with Crippen LogP contribution in [0.1, 0.15) is 42.6 Å². The lowest BCUT2D eigenvalue weighted by Crippen LogP contribution is -2.42. The molecule has 2 aliphatic heterocycles. The summed E-state index contributed by atoms with van der Waals surface area (Å²) in [6.07, 6.45) is 5.47. The number of carbonyl (C=O) groups excluding carboxylic acids is 1. The van der Waals surface area contributed by atoms with Crippen molar-refractivity contribution in [1.29, 1.82) is 0 Å².